The Kier molecular flexibility index (Phi) is 11.0. The number of anilines is 1. The van der Waals surface area contributed by atoms with E-state index in [1.165, 1.54) is 18.2 Å². The summed E-state index contributed by atoms with van der Waals surface area (Å²) in [5.74, 6) is 0.175. The van der Waals surface area contributed by atoms with Gasteiger partial charge in [0.05, 0.1) is 51.7 Å². The molecule has 1 amide bonds. The molecule has 1 saturated heterocycles. The van der Waals surface area contributed by atoms with E-state index in [-0.39, 0.29) is 17.4 Å². The number of benzene rings is 2. The van der Waals surface area contributed by atoms with Gasteiger partial charge in [-0.15, -0.1) is 0 Å². The lowest BCUT2D eigenvalue weighted by Crippen LogP contribution is -2.50. The summed E-state index contributed by atoms with van der Waals surface area (Å²) in [6.07, 6.45) is 9.60. The topological polar surface area (TPSA) is 101 Å². The van der Waals surface area contributed by atoms with Gasteiger partial charge in [0.15, 0.2) is 5.60 Å². The van der Waals surface area contributed by atoms with Crippen molar-refractivity contribution in [2.75, 3.05) is 84.8 Å². The van der Waals surface area contributed by atoms with Crippen LogP contribution in [-0.4, -0.2) is 113 Å². The van der Waals surface area contributed by atoms with Crippen LogP contribution in [0.4, 0.5) is 5.69 Å². The van der Waals surface area contributed by atoms with Crippen LogP contribution < -0.4 is 9.64 Å². The van der Waals surface area contributed by atoms with E-state index in [1.807, 2.05) is 18.2 Å². The molecule has 1 saturated carbocycles. The van der Waals surface area contributed by atoms with Gasteiger partial charge in [-0.05, 0) is 91.3 Å². The normalized spacial score (nSPS) is 30.7. The summed E-state index contributed by atoms with van der Waals surface area (Å²) < 4.78 is 24.0. The molecule has 0 aromatic heterocycles. The van der Waals surface area contributed by atoms with E-state index in [2.05, 4.69) is 34.1 Å². The number of fused-ring (bicyclic) bond motifs is 4. The largest absolute Gasteiger partial charge is 0.490 e. The number of methoxy groups -OCH3 is 1. The van der Waals surface area contributed by atoms with Gasteiger partial charge in [-0.3, -0.25) is 9.69 Å². The van der Waals surface area contributed by atoms with Crippen molar-refractivity contribution in [2.24, 2.45) is 11.8 Å². The molecule has 1 N–H and O–H groups in total. The average molecular weight is 722 g/mol. The molecule has 2 aromatic carbocycles. The monoisotopic (exact) mass is 721 g/mol. The summed E-state index contributed by atoms with van der Waals surface area (Å²) in [7, 11) is 2.94. The summed E-state index contributed by atoms with van der Waals surface area (Å²) in [6.45, 7) is 7.32. The second-order valence-corrected chi connectivity index (χ2v) is 15.6. The first kappa shape index (κ1) is 36.2. The summed E-state index contributed by atoms with van der Waals surface area (Å²) in [6, 6.07) is 11.6. The zero-order valence-corrected chi connectivity index (χ0v) is 30.7. The van der Waals surface area contributed by atoms with E-state index >= 15 is 0 Å². The molecule has 2 bridgehead atoms. The molecule has 51 heavy (non-hydrogen) atoms. The van der Waals surface area contributed by atoms with Crippen LogP contribution in [0.1, 0.15) is 55.2 Å². The zero-order chi connectivity index (χ0) is 35.6. The number of esters is 1. The van der Waals surface area contributed by atoms with Gasteiger partial charge in [0, 0.05) is 56.8 Å². The van der Waals surface area contributed by atoms with Crippen LogP contribution in [-0.2, 0) is 41.2 Å². The lowest BCUT2D eigenvalue weighted by atomic mass is 9.68. The SMILES string of the molecule is COC(=O)[C@@]1(O)CC(=O)N(C)CC/C=C\[C@H](OCCN2CCOCC2)[C@@H]2CC[C@H]2CN2C[C@@]3(CCCc4cc(Cl)ccc43)COc3ccc1cc32. The minimum Gasteiger partial charge on any atom is -0.490 e. The van der Waals surface area contributed by atoms with Crippen molar-refractivity contribution in [1.29, 1.82) is 0 Å². The van der Waals surface area contributed by atoms with Gasteiger partial charge in [0.25, 0.3) is 0 Å². The number of aryl methyl sites for hydroxylation is 1. The molecule has 10 nitrogen and oxygen atoms in total. The van der Waals surface area contributed by atoms with Crippen LogP contribution in [0, 0.1) is 11.8 Å². The molecule has 3 heterocycles. The van der Waals surface area contributed by atoms with Crippen molar-refractivity contribution in [1.82, 2.24) is 9.80 Å². The molecule has 5 aliphatic rings. The Morgan fingerprint density at radius 3 is 2.75 bits per heavy atom. The molecule has 2 aliphatic carbocycles. The highest BCUT2D eigenvalue weighted by Gasteiger charge is 2.47. The predicted octanol–water partition coefficient (Wildman–Crippen LogP) is 4.73. The van der Waals surface area contributed by atoms with Crippen molar-refractivity contribution >= 4 is 29.2 Å². The highest BCUT2D eigenvalue weighted by molar-refractivity contribution is 6.30. The van der Waals surface area contributed by atoms with Gasteiger partial charge < -0.3 is 33.9 Å². The molecule has 11 heteroatoms. The minimum absolute atomic E-state index is 0.0383. The maximum absolute atomic E-state index is 13.5. The van der Waals surface area contributed by atoms with Gasteiger partial charge in [-0.2, -0.15) is 0 Å². The highest BCUT2D eigenvalue weighted by Crippen LogP contribution is 2.48. The van der Waals surface area contributed by atoms with Gasteiger partial charge in [-0.25, -0.2) is 4.79 Å². The zero-order valence-electron chi connectivity index (χ0n) is 30.0. The van der Waals surface area contributed by atoms with Crippen LogP contribution in [0.25, 0.3) is 0 Å². The molecule has 7 rings (SSSR count). The van der Waals surface area contributed by atoms with Crippen LogP contribution in [0.15, 0.2) is 48.6 Å². The number of aliphatic hydroxyl groups is 1. The number of carbonyl (C=O) groups is 2. The first-order valence-corrected chi connectivity index (χ1v) is 19.0. The van der Waals surface area contributed by atoms with Gasteiger partial charge in [-0.1, -0.05) is 35.9 Å². The number of rotatable bonds is 5. The van der Waals surface area contributed by atoms with E-state index in [1.54, 1.807) is 18.0 Å². The molecule has 0 unspecified atom stereocenters. The average Bonchev–Trinajstić information content (AvgIpc) is 3.27. The number of nitrogens with zero attached hydrogens (tertiary/aromatic N) is 3. The standard InChI is InChI=1S/C40H52ClN3O7/c1-42-15-4-3-7-35(50-21-18-43-16-19-49-20-17-43)32-11-8-29(32)25-44-26-39(14-5-6-28-22-31(41)10-12-33(28)39)27-51-36-13-9-30(23-34(36)44)40(47,24-37(42)45)38(46)48-2/h3,7,9-10,12-13,22-23,29,32,35,47H,4-6,8,11,14-21,24-27H2,1-2H3/b7-3-/t29-,32+,35-,39-,40+/m0/s1. The highest BCUT2D eigenvalue weighted by atomic mass is 35.5. The quantitative estimate of drug-likeness (QED) is 0.347. The third-order valence-electron chi connectivity index (χ3n) is 12.0. The second-order valence-electron chi connectivity index (χ2n) is 15.1. The Morgan fingerprint density at radius 2 is 1.96 bits per heavy atom. The van der Waals surface area contributed by atoms with Crippen LogP contribution in [0.5, 0.6) is 5.75 Å². The van der Waals surface area contributed by atoms with E-state index in [4.69, 9.17) is 30.5 Å². The Morgan fingerprint density at radius 1 is 1.12 bits per heavy atom. The van der Waals surface area contributed by atoms with Gasteiger partial charge in [0.1, 0.15) is 5.75 Å². The Bertz CT molecular complexity index is 1610. The van der Waals surface area contributed by atoms with Crippen molar-refractivity contribution in [3.8, 4) is 5.75 Å². The van der Waals surface area contributed by atoms with Crippen molar-refractivity contribution in [3.05, 3.63) is 70.3 Å². The number of hydrogen-bond donors (Lipinski definition) is 1. The lowest BCUT2D eigenvalue weighted by Gasteiger charge is -2.46. The van der Waals surface area contributed by atoms with Crippen molar-refractivity contribution < 1.29 is 33.6 Å². The van der Waals surface area contributed by atoms with E-state index in [9.17, 15) is 14.7 Å². The Hall–Kier alpha value is -3.15. The van der Waals surface area contributed by atoms with E-state index in [0.29, 0.717) is 55.9 Å². The molecule has 2 aromatic rings. The Labute approximate surface area is 306 Å². The van der Waals surface area contributed by atoms with E-state index in [0.717, 1.165) is 82.2 Å². The molecule has 0 radical (unpaired) electrons. The van der Waals surface area contributed by atoms with Crippen molar-refractivity contribution in [3.63, 3.8) is 0 Å². The third-order valence-corrected chi connectivity index (χ3v) is 12.2. The fourth-order valence-electron chi connectivity index (χ4n) is 8.81. The van der Waals surface area contributed by atoms with Gasteiger partial charge >= 0.3 is 5.97 Å². The van der Waals surface area contributed by atoms with Crippen LogP contribution in [0.2, 0.25) is 5.02 Å². The number of carbonyl (C=O) groups excluding carboxylic acids is 2. The first-order chi connectivity index (χ1) is 24.7. The summed E-state index contributed by atoms with van der Waals surface area (Å²) in [5, 5.41) is 12.8. The molecule has 1 spiro atoms. The smallest absolute Gasteiger partial charge is 0.343 e. The summed E-state index contributed by atoms with van der Waals surface area (Å²) >= 11 is 6.49. The number of halogens is 1. The molecular formula is C40H52ClN3O7. The van der Waals surface area contributed by atoms with E-state index < -0.39 is 18.0 Å². The predicted molar refractivity (Wildman–Crippen MR) is 195 cm³/mol. The third kappa shape index (κ3) is 7.53. The number of ether oxygens (including phenoxy) is 4. The Balaban J connectivity index is 1.26. The van der Waals surface area contributed by atoms with Crippen molar-refractivity contribution in [2.45, 2.75) is 62.1 Å². The molecular weight excluding hydrogens is 670 g/mol. The molecule has 276 valence electrons. The lowest BCUT2D eigenvalue weighted by molar-refractivity contribution is -0.168. The fourth-order valence-corrected chi connectivity index (χ4v) is 9.01. The first-order valence-electron chi connectivity index (χ1n) is 18.6. The molecule has 5 atom stereocenters. The molecule has 3 aliphatic heterocycles. The summed E-state index contributed by atoms with van der Waals surface area (Å²) in [5.41, 5.74) is 1.23. The number of amides is 1. The number of morpholine rings is 1. The van der Waals surface area contributed by atoms with Gasteiger partial charge in [0.2, 0.25) is 5.91 Å². The second kappa shape index (κ2) is 15.4. The maximum atomic E-state index is 13.5. The fraction of sp³-hybridized carbons (Fsp3) is 0.600. The molecule has 2 fully saturated rings. The van der Waals surface area contributed by atoms with Crippen LogP contribution in [0.3, 0.4) is 0 Å². The minimum atomic E-state index is -2.16. The van der Waals surface area contributed by atoms with Crippen LogP contribution >= 0.6 is 11.6 Å². The summed E-state index contributed by atoms with van der Waals surface area (Å²) in [4.78, 5) is 33.2. The number of hydrogen-bond acceptors (Lipinski definition) is 9. The maximum Gasteiger partial charge on any atom is 0.343 e.